The molecule has 8 heteroatoms. The molecule has 0 aliphatic heterocycles. The molecule has 0 spiro atoms. The van der Waals surface area contributed by atoms with Crippen molar-refractivity contribution in [3.8, 4) is 11.3 Å². The first-order valence-corrected chi connectivity index (χ1v) is 10.9. The van der Waals surface area contributed by atoms with Crippen LogP contribution in [0.1, 0.15) is 12.0 Å². The van der Waals surface area contributed by atoms with Crippen molar-refractivity contribution in [1.82, 2.24) is 14.6 Å². The number of aryl methyl sites for hydroxylation is 1. The summed E-state index contributed by atoms with van der Waals surface area (Å²) in [6.07, 6.45) is 0.397. The van der Waals surface area contributed by atoms with E-state index in [4.69, 9.17) is 11.6 Å². The van der Waals surface area contributed by atoms with Crippen molar-refractivity contribution in [3.63, 3.8) is 0 Å². The van der Waals surface area contributed by atoms with E-state index in [1.54, 1.807) is 11.3 Å². The van der Waals surface area contributed by atoms with Crippen LogP contribution in [0.5, 0.6) is 0 Å². The number of benzene rings is 2. The molecule has 0 bridgehead atoms. The van der Waals surface area contributed by atoms with Gasteiger partial charge in [-0.05, 0) is 36.8 Å². The zero-order valence-corrected chi connectivity index (χ0v) is 17.4. The van der Waals surface area contributed by atoms with E-state index in [2.05, 4.69) is 20.9 Å². The number of thioether (sulfide) groups is 1. The summed E-state index contributed by atoms with van der Waals surface area (Å²) in [5, 5.41) is 15.0. The molecule has 2 aromatic carbocycles. The number of halogens is 1. The Morgan fingerprint density at radius 3 is 2.64 bits per heavy atom. The first kappa shape index (κ1) is 19.0. The maximum Gasteiger partial charge on any atom is 0.225 e. The molecule has 0 atom stereocenters. The lowest BCUT2D eigenvalue weighted by atomic mass is 10.2. The molecule has 0 radical (unpaired) electrons. The number of amides is 1. The number of rotatable bonds is 6. The second-order valence-corrected chi connectivity index (χ2v) is 8.58. The second-order valence-electron chi connectivity index (χ2n) is 6.24. The minimum absolute atomic E-state index is 0.0136. The van der Waals surface area contributed by atoms with Crippen LogP contribution < -0.4 is 5.32 Å². The number of aromatic nitrogens is 3. The Bertz CT molecular complexity index is 1100. The predicted octanol–water partition coefficient (Wildman–Crippen LogP) is 5.54. The van der Waals surface area contributed by atoms with Crippen LogP contribution in [0.25, 0.3) is 16.2 Å². The van der Waals surface area contributed by atoms with Gasteiger partial charge in [0.15, 0.2) is 5.16 Å². The van der Waals surface area contributed by atoms with Crippen LogP contribution in [0, 0.1) is 6.92 Å². The van der Waals surface area contributed by atoms with Crippen LogP contribution in [0.15, 0.2) is 59.1 Å². The summed E-state index contributed by atoms with van der Waals surface area (Å²) in [6.45, 7) is 2.02. The topological polar surface area (TPSA) is 59.3 Å². The fourth-order valence-corrected chi connectivity index (χ4v) is 4.61. The van der Waals surface area contributed by atoms with Crippen molar-refractivity contribution in [3.05, 3.63) is 64.5 Å². The largest absolute Gasteiger partial charge is 0.326 e. The summed E-state index contributed by atoms with van der Waals surface area (Å²) in [5.41, 5.74) is 4.05. The molecule has 5 nitrogen and oxygen atoms in total. The number of anilines is 1. The van der Waals surface area contributed by atoms with Gasteiger partial charge in [-0.2, -0.15) is 0 Å². The Morgan fingerprint density at radius 1 is 1.14 bits per heavy atom. The van der Waals surface area contributed by atoms with E-state index in [1.165, 1.54) is 11.8 Å². The summed E-state index contributed by atoms with van der Waals surface area (Å²) >= 11 is 9.06. The third-order valence-corrected chi connectivity index (χ3v) is 6.15. The van der Waals surface area contributed by atoms with Gasteiger partial charge < -0.3 is 5.32 Å². The highest BCUT2D eigenvalue weighted by Crippen LogP contribution is 2.30. The minimum atomic E-state index is -0.0136. The third kappa shape index (κ3) is 4.22. The Hall–Kier alpha value is -2.35. The van der Waals surface area contributed by atoms with Gasteiger partial charge >= 0.3 is 0 Å². The van der Waals surface area contributed by atoms with E-state index >= 15 is 0 Å². The van der Waals surface area contributed by atoms with Gasteiger partial charge in [0.25, 0.3) is 0 Å². The summed E-state index contributed by atoms with van der Waals surface area (Å²) in [5.74, 6) is 0.606. The molecular weight excluding hydrogens is 412 g/mol. The van der Waals surface area contributed by atoms with Crippen LogP contribution in [-0.4, -0.2) is 26.3 Å². The first-order valence-electron chi connectivity index (χ1n) is 8.68. The third-order valence-electron chi connectivity index (χ3n) is 4.16. The molecule has 0 aliphatic carbocycles. The van der Waals surface area contributed by atoms with E-state index in [9.17, 15) is 4.79 Å². The van der Waals surface area contributed by atoms with Crippen LogP contribution >= 0.6 is 34.7 Å². The van der Waals surface area contributed by atoms with E-state index in [0.717, 1.165) is 32.6 Å². The van der Waals surface area contributed by atoms with Crippen molar-refractivity contribution in [1.29, 1.82) is 0 Å². The number of nitrogens with zero attached hydrogens (tertiary/aromatic N) is 3. The van der Waals surface area contributed by atoms with E-state index in [0.29, 0.717) is 17.2 Å². The molecule has 1 N–H and O–H groups in total. The zero-order chi connectivity index (χ0) is 19.5. The lowest BCUT2D eigenvalue weighted by Gasteiger charge is -2.06. The molecule has 0 saturated carbocycles. The number of thiazole rings is 1. The monoisotopic (exact) mass is 428 g/mol. The van der Waals surface area contributed by atoms with E-state index < -0.39 is 0 Å². The normalized spacial score (nSPS) is 11.1. The molecule has 0 unspecified atom stereocenters. The minimum Gasteiger partial charge on any atom is -0.326 e. The highest BCUT2D eigenvalue weighted by atomic mass is 35.5. The van der Waals surface area contributed by atoms with Gasteiger partial charge in [-0.1, -0.05) is 53.2 Å². The second kappa shape index (κ2) is 8.34. The zero-order valence-electron chi connectivity index (χ0n) is 15.1. The summed E-state index contributed by atoms with van der Waals surface area (Å²) in [6, 6.07) is 15.5. The van der Waals surface area contributed by atoms with Crippen LogP contribution in [0.2, 0.25) is 5.02 Å². The maximum absolute atomic E-state index is 12.2. The van der Waals surface area contributed by atoms with Gasteiger partial charge in [0.1, 0.15) is 0 Å². The van der Waals surface area contributed by atoms with E-state index in [-0.39, 0.29) is 5.91 Å². The lowest BCUT2D eigenvalue weighted by molar-refractivity contribution is -0.115. The molecule has 4 rings (SSSR count). The number of nitrogens with one attached hydrogen (secondary N) is 1. The van der Waals surface area contributed by atoms with Crippen molar-refractivity contribution >= 4 is 51.3 Å². The van der Waals surface area contributed by atoms with Gasteiger partial charge in [0.05, 0.1) is 5.69 Å². The van der Waals surface area contributed by atoms with Gasteiger partial charge in [0, 0.05) is 28.3 Å². The molecule has 0 saturated heterocycles. The smallest absolute Gasteiger partial charge is 0.225 e. The average Bonchev–Trinajstić information content (AvgIpc) is 3.27. The van der Waals surface area contributed by atoms with Gasteiger partial charge in [0.2, 0.25) is 10.9 Å². The molecule has 2 aromatic heterocycles. The fraction of sp³-hybridized carbons (Fsp3) is 0.150. The van der Waals surface area contributed by atoms with Gasteiger partial charge in [-0.3, -0.25) is 9.20 Å². The summed E-state index contributed by atoms with van der Waals surface area (Å²) in [4.78, 5) is 13.0. The molecule has 2 heterocycles. The standard InChI is InChI=1S/C20H17ClN4OS2/c1-13-2-8-16(9-3-13)22-18(26)10-11-27-19-23-24-20-25(19)17(12-28-20)14-4-6-15(21)7-5-14/h2-9,12H,10-11H2,1H3,(H,22,26). The fourth-order valence-electron chi connectivity index (χ4n) is 2.71. The molecule has 1 amide bonds. The Labute approximate surface area is 175 Å². The molecule has 28 heavy (non-hydrogen) atoms. The average molecular weight is 429 g/mol. The van der Waals surface area contributed by atoms with Gasteiger partial charge in [-0.15, -0.1) is 21.5 Å². The number of carbonyl (C=O) groups excluding carboxylic acids is 1. The Kier molecular flexibility index (Phi) is 5.66. The summed E-state index contributed by atoms with van der Waals surface area (Å²) < 4.78 is 2.02. The van der Waals surface area contributed by atoms with Crippen molar-refractivity contribution < 1.29 is 4.79 Å². The highest BCUT2D eigenvalue weighted by Gasteiger charge is 2.14. The Balaban J connectivity index is 1.42. The SMILES string of the molecule is Cc1ccc(NC(=O)CCSc2nnc3scc(-c4ccc(Cl)cc4)n23)cc1. The predicted molar refractivity (Wildman–Crippen MR) is 116 cm³/mol. The van der Waals surface area contributed by atoms with Crippen molar-refractivity contribution in [2.24, 2.45) is 0 Å². The molecular formula is C20H17ClN4OS2. The van der Waals surface area contributed by atoms with Crippen molar-refractivity contribution in [2.75, 3.05) is 11.1 Å². The first-order chi connectivity index (χ1) is 13.6. The molecule has 0 aliphatic rings. The van der Waals surface area contributed by atoms with Crippen LogP contribution in [0.3, 0.4) is 0 Å². The van der Waals surface area contributed by atoms with Gasteiger partial charge in [-0.25, -0.2) is 0 Å². The highest BCUT2D eigenvalue weighted by molar-refractivity contribution is 7.99. The maximum atomic E-state index is 12.2. The van der Waals surface area contributed by atoms with Crippen molar-refractivity contribution in [2.45, 2.75) is 18.5 Å². The number of fused-ring (bicyclic) bond motifs is 1. The molecule has 4 aromatic rings. The molecule has 142 valence electrons. The quantitative estimate of drug-likeness (QED) is 0.409. The van der Waals surface area contributed by atoms with Crippen LogP contribution in [0.4, 0.5) is 5.69 Å². The lowest BCUT2D eigenvalue weighted by Crippen LogP contribution is -2.12. The number of hydrogen-bond acceptors (Lipinski definition) is 5. The molecule has 0 fully saturated rings. The number of hydrogen-bond donors (Lipinski definition) is 1. The van der Waals surface area contributed by atoms with E-state index in [1.807, 2.05) is 59.9 Å². The van der Waals surface area contributed by atoms with Crippen LogP contribution in [-0.2, 0) is 4.79 Å². The summed E-state index contributed by atoms with van der Waals surface area (Å²) in [7, 11) is 0. The number of carbonyl (C=O) groups is 1. The Morgan fingerprint density at radius 2 is 1.89 bits per heavy atom.